The minimum Gasteiger partial charge on any atom is -0.365 e. The van der Waals surface area contributed by atoms with Crippen molar-refractivity contribution >= 4 is 17.8 Å². The molecule has 0 saturated carbocycles. The first-order valence-corrected chi connectivity index (χ1v) is 6.91. The summed E-state index contributed by atoms with van der Waals surface area (Å²) in [6.45, 7) is 0. The predicted molar refractivity (Wildman–Crippen MR) is 79.2 cm³/mol. The van der Waals surface area contributed by atoms with Crippen LogP contribution in [-0.2, 0) is 14.4 Å². The molecule has 0 spiro atoms. The number of hydrogen-bond acceptors (Lipinski definition) is 5. The smallest absolute Gasteiger partial charge is 0.365 e. The Morgan fingerprint density at radius 2 is 1.43 bits per heavy atom. The van der Waals surface area contributed by atoms with Crippen LogP contribution in [0.15, 0.2) is 54.6 Å². The van der Waals surface area contributed by atoms with Gasteiger partial charge >= 0.3 is 5.97 Å². The Morgan fingerprint density at radius 1 is 0.913 bits per heavy atom. The summed E-state index contributed by atoms with van der Waals surface area (Å²) in [6, 6.07) is 15.0. The van der Waals surface area contributed by atoms with E-state index in [0.717, 1.165) is 0 Å². The zero-order valence-corrected chi connectivity index (χ0v) is 12.3. The number of ether oxygens (including phenoxy) is 1. The van der Waals surface area contributed by atoms with Crippen molar-refractivity contribution in [2.45, 2.75) is 6.10 Å². The van der Waals surface area contributed by atoms with Crippen molar-refractivity contribution in [1.29, 1.82) is 0 Å². The van der Waals surface area contributed by atoms with Crippen LogP contribution in [0, 0.1) is 0 Å². The molecule has 1 heterocycles. The number of methoxy groups -OCH3 is 1. The predicted octanol–water partition coefficient (Wildman–Crippen LogP) is 2.13. The molecule has 1 unspecified atom stereocenters. The number of nitrogens with zero attached hydrogens (tertiary/aromatic N) is 1. The number of imide groups is 1. The van der Waals surface area contributed by atoms with Crippen molar-refractivity contribution in [3.63, 3.8) is 0 Å². The van der Waals surface area contributed by atoms with E-state index in [4.69, 9.17) is 9.57 Å². The second-order valence-corrected chi connectivity index (χ2v) is 4.89. The molecule has 0 radical (unpaired) electrons. The summed E-state index contributed by atoms with van der Waals surface area (Å²) in [7, 11) is 1.35. The molecule has 23 heavy (non-hydrogen) atoms. The quantitative estimate of drug-likeness (QED) is 0.809. The minimum atomic E-state index is -1.03. The molecule has 1 atom stereocenters. The van der Waals surface area contributed by atoms with E-state index in [9.17, 15) is 14.4 Å². The van der Waals surface area contributed by atoms with Crippen LogP contribution >= 0.6 is 0 Å². The largest absolute Gasteiger partial charge is 0.366 e. The van der Waals surface area contributed by atoms with Gasteiger partial charge in [0.1, 0.15) is 0 Å². The van der Waals surface area contributed by atoms with Crippen molar-refractivity contribution in [3.8, 4) is 0 Å². The number of carbonyl (C=O) groups is 3. The first kappa shape index (κ1) is 14.9. The average Bonchev–Trinajstić information content (AvgIpc) is 2.82. The zero-order valence-electron chi connectivity index (χ0n) is 12.3. The molecule has 2 aromatic carbocycles. The lowest BCUT2D eigenvalue weighted by atomic mass is 10.1. The number of carbonyl (C=O) groups excluding carboxylic acids is 3. The number of hydrogen-bond donors (Lipinski definition) is 0. The van der Waals surface area contributed by atoms with Crippen LogP contribution < -0.4 is 0 Å². The number of fused-ring (bicyclic) bond motifs is 1. The summed E-state index contributed by atoms with van der Waals surface area (Å²) < 4.78 is 5.13. The minimum absolute atomic E-state index is 0.207. The third-order valence-electron chi connectivity index (χ3n) is 3.49. The van der Waals surface area contributed by atoms with E-state index in [0.29, 0.717) is 10.6 Å². The molecule has 0 fully saturated rings. The molecular weight excluding hydrogens is 298 g/mol. The molecule has 6 nitrogen and oxygen atoms in total. The van der Waals surface area contributed by atoms with Crippen molar-refractivity contribution in [2.75, 3.05) is 7.11 Å². The van der Waals surface area contributed by atoms with Gasteiger partial charge in [0, 0.05) is 7.11 Å². The fourth-order valence-electron chi connectivity index (χ4n) is 2.38. The Morgan fingerprint density at radius 3 is 1.96 bits per heavy atom. The number of rotatable bonds is 4. The monoisotopic (exact) mass is 311 g/mol. The third kappa shape index (κ3) is 2.60. The molecule has 1 aliphatic heterocycles. The van der Waals surface area contributed by atoms with Gasteiger partial charge in [0.15, 0.2) is 6.10 Å². The number of benzene rings is 2. The second-order valence-electron chi connectivity index (χ2n) is 4.89. The normalized spacial score (nSPS) is 14.6. The van der Waals surface area contributed by atoms with Gasteiger partial charge in [-0.05, 0) is 17.7 Å². The Balaban J connectivity index is 1.81. The van der Waals surface area contributed by atoms with Crippen LogP contribution in [0.3, 0.4) is 0 Å². The number of hydroxylamine groups is 2. The second kappa shape index (κ2) is 6.02. The van der Waals surface area contributed by atoms with Gasteiger partial charge in [0.2, 0.25) is 0 Å². The molecule has 0 saturated heterocycles. The van der Waals surface area contributed by atoms with Crippen LogP contribution in [0.5, 0.6) is 0 Å². The number of amides is 2. The Kier molecular flexibility index (Phi) is 3.91. The van der Waals surface area contributed by atoms with Crippen LogP contribution in [-0.4, -0.2) is 30.0 Å². The zero-order chi connectivity index (χ0) is 16.4. The van der Waals surface area contributed by atoms with Crippen molar-refractivity contribution in [1.82, 2.24) is 5.06 Å². The van der Waals surface area contributed by atoms with Gasteiger partial charge < -0.3 is 9.57 Å². The molecule has 2 amide bonds. The maximum Gasteiger partial charge on any atom is 0.366 e. The van der Waals surface area contributed by atoms with E-state index < -0.39 is 23.9 Å². The van der Waals surface area contributed by atoms with Crippen LogP contribution in [0.4, 0.5) is 0 Å². The maximum absolute atomic E-state index is 12.3. The van der Waals surface area contributed by atoms with E-state index in [1.807, 2.05) is 0 Å². The van der Waals surface area contributed by atoms with Crippen molar-refractivity contribution in [2.24, 2.45) is 0 Å². The fraction of sp³-hybridized carbons (Fsp3) is 0.118. The topological polar surface area (TPSA) is 72.9 Å². The van der Waals surface area contributed by atoms with Gasteiger partial charge in [-0.3, -0.25) is 9.59 Å². The lowest BCUT2D eigenvalue weighted by Crippen LogP contribution is -2.35. The summed E-state index contributed by atoms with van der Waals surface area (Å²) in [5.74, 6) is -2.17. The first-order chi connectivity index (χ1) is 11.1. The van der Waals surface area contributed by atoms with E-state index in [2.05, 4.69) is 0 Å². The molecule has 3 rings (SSSR count). The van der Waals surface area contributed by atoms with Gasteiger partial charge in [0.05, 0.1) is 11.1 Å². The molecule has 0 N–H and O–H groups in total. The van der Waals surface area contributed by atoms with Gasteiger partial charge in [0.25, 0.3) is 11.8 Å². The van der Waals surface area contributed by atoms with Crippen molar-refractivity contribution in [3.05, 3.63) is 71.3 Å². The van der Waals surface area contributed by atoms with Gasteiger partial charge in [-0.1, -0.05) is 47.5 Å². The SMILES string of the molecule is COC(C(=O)ON1C(=O)c2ccccc2C1=O)c1ccccc1. The highest BCUT2D eigenvalue weighted by molar-refractivity contribution is 6.20. The third-order valence-corrected chi connectivity index (χ3v) is 3.49. The molecule has 6 heteroatoms. The van der Waals surface area contributed by atoms with Crippen LogP contribution in [0.2, 0.25) is 0 Å². The summed E-state index contributed by atoms with van der Waals surface area (Å²) in [5, 5.41) is 0.474. The lowest BCUT2D eigenvalue weighted by Gasteiger charge is -2.18. The van der Waals surface area contributed by atoms with Gasteiger partial charge in [-0.25, -0.2) is 4.79 Å². The molecule has 2 aromatic rings. The molecule has 0 bridgehead atoms. The van der Waals surface area contributed by atoms with E-state index in [1.54, 1.807) is 42.5 Å². The average molecular weight is 311 g/mol. The Labute approximate surface area is 132 Å². The van der Waals surface area contributed by atoms with E-state index >= 15 is 0 Å². The maximum atomic E-state index is 12.3. The highest BCUT2D eigenvalue weighted by Gasteiger charge is 2.40. The molecule has 0 aromatic heterocycles. The standard InChI is InChI=1S/C17H13NO5/c1-22-14(11-7-3-2-4-8-11)17(21)23-18-15(19)12-9-5-6-10-13(12)16(18)20/h2-10,14H,1H3. The first-order valence-electron chi connectivity index (χ1n) is 6.91. The van der Waals surface area contributed by atoms with Crippen LogP contribution in [0.25, 0.3) is 0 Å². The lowest BCUT2D eigenvalue weighted by molar-refractivity contribution is -0.180. The van der Waals surface area contributed by atoms with Crippen LogP contribution in [0.1, 0.15) is 32.4 Å². The fourth-order valence-corrected chi connectivity index (χ4v) is 2.38. The summed E-state index contributed by atoms with van der Waals surface area (Å²) in [5.41, 5.74) is 0.981. The Bertz CT molecular complexity index is 737. The molecule has 116 valence electrons. The van der Waals surface area contributed by atoms with Gasteiger partial charge in [-0.15, -0.1) is 0 Å². The van der Waals surface area contributed by atoms with E-state index in [-0.39, 0.29) is 11.1 Å². The summed E-state index contributed by atoms with van der Waals surface area (Å²) in [6.07, 6.45) is -1.03. The summed E-state index contributed by atoms with van der Waals surface area (Å²) >= 11 is 0. The summed E-state index contributed by atoms with van der Waals surface area (Å²) in [4.78, 5) is 41.6. The van der Waals surface area contributed by atoms with Crippen molar-refractivity contribution < 1.29 is 24.0 Å². The highest BCUT2D eigenvalue weighted by atomic mass is 16.7. The molecular formula is C17H13NO5. The van der Waals surface area contributed by atoms with E-state index in [1.165, 1.54) is 19.2 Å². The highest BCUT2D eigenvalue weighted by Crippen LogP contribution is 2.25. The van der Waals surface area contributed by atoms with Gasteiger partial charge in [-0.2, -0.15) is 0 Å². The Hall–Kier alpha value is -2.99. The molecule has 0 aliphatic carbocycles. The molecule has 1 aliphatic rings.